The molecular weight excluding hydrogens is 977 g/mol. The lowest BCUT2D eigenvalue weighted by Gasteiger charge is -2.32. The number of aromatic nitrogens is 1. The molecule has 0 radical (unpaired) electrons. The third-order valence-electron chi connectivity index (χ3n) is 13.3. The van der Waals surface area contributed by atoms with Gasteiger partial charge < -0.3 is 62.6 Å². The predicted molar refractivity (Wildman–Crippen MR) is 271 cm³/mol. The van der Waals surface area contributed by atoms with Crippen LogP contribution in [0.15, 0.2) is 30.5 Å². The highest BCUT2D eigenvalue weighted by Gasteiger charge is 2.43. The Balaban J connectivity index is 1.56. The van der Waals surface area contributed by atoms with Gasteiger partial charge in [0.1, 0.15) is 48.3 Å². The summed E-state index contributed by atoms with van der Waals surface area (Å²) in [5, 5.41) is 35.6. The number of hydrogen-bond acceptors (Lipinski definition) is 12. The van der Waals surface area contributed by atoms with Crippen LogP contribution >= 0.6 is 0 Å². The van der Waals surface area contributed by atoms with E-state index in [0.717, 1.165) is 17.8 Å². The van der Waals surface area contributed by atoms with Crippen LogP contribution in [0.2, 0.25) is 0 Å². The van der Waals surface area contributed by atoms with E-state index in [4.69, 9.17) is 5.73 Å². The van der Waals surface area contributed by atoms with Crippen LogP contribution in [0.25, 0.3) is 10.9 Å². The summed E-state index contributed by atoms with van der Waals surface area (Å²) in [4.78, 5) is 164. The number of primary amides is 1. The number of Topliss-reactive ketones (excluding diaryl/α,β-unsaturated/α-hetero) is 1. The van der Waals surface area contributed by atoms with Crippen LogP contribution in [0, 0.1) is 5.92 Å². The van der Waals surface area contributed by atoms with Crippen molar-refractivity contribution in [3.05, 3.63) is 36.0 Å². The van der Waals surface area contributed by atoms with Crippen LogP contribution < -0.4 is 37.6 Å². The molecule has 11 N–H and O–H groups in total. The standard InChI is InChI=1S/C51H74N10O14/c1-6-8-15-33(56-46(69)35(20-21-41(63)43(52)66)57-47(70)36(26-42(64)65)54-29(5)62)44(67)55-34(16-9-7-2)45(68)58-37(24-28(3)4)49(72)60-22-12-18-39(60)48(71)59-38(50(73)61-23-13-19-40(61)51(74)75)25-30-27-53-32-17-11-10-14-31(30)32/h10-11,14,17,27-28,33-40,53H,6-9,12-13,15-16,18-26H2,1-5H3,(H2,52,66)(H,54,62)(H,55,67)(H,56,69)(H,57,70)(H,58,68)(H,59,71)(H,64,65)(H,74,75)/t33-,34-,35-,36-,37-,38-,39-,40-/m0/s1. The fourth-order valence-corrected chi connectivity index (χ4v) is 9.41. The second kappa shape index (κ2) is 28.9. The van der Waals surface area contributed by atoms with Crippen molar-refractivity contribution >= 4 is 81.8 Å². The number of likely N-dealkylation sites (tertiary alicyclic amines) is 2. The summed E-state index contributed by atoms with van der Waals surface area (Å²) in [5.41, 5.74) is 6.62. The number of carbonyl (C=O) groups excluding carboxylic acids is 10. The first-order chi connectivity index (χ1) is 35.6. The number of carbonyl (C=O) groups is 12. The maximum Gasteiger partial charge on any atom is 0.326 e. The van der Waals surface area contributed by atoms with E-state index in [0.29, 0.717) is 44.1 Å². The molecular formula is C51H74N10O14. The maximum atomic E-state index is 14.6. The molecule has 0 spiro atoms. The zero-order valence-electron chi connectivity index (χ0n) is 43.4. The van der Waals surface area contributed by atoms with Gasteiger partial charge in [-0.3, -0.25) is 52.7 Å². The average molecular weight is 1050 g/mol. The first-order valence-electron chi connectivity index (χ1n) is 25.8. The number of nitrogens with two attached hydrogens (primary N) is 1. The van der Waals surface area contributed by atoms with Crippen LogP contribution in [-0.2, 0) is 64.0 Å². The number of carboxylic acid groups (broad SMARTS) is 2. The number of rotatable bonds is 30. The van der Waals surface area contributed by atoms with Crippen molar-refractivity contribution in [1.82, 2.24) is 46.7 Å². The van der Waals surface area contributed by atoms with Gasteiger partial charge in [-0.1, -0.05) is 71.6 Å². The molecule has 412 valence electrons. The van der Waals surface area contributed by atoms with Gasteiger partial charge in [0.2, 0.25) is 53.0 Å². The number of para-hydroxylation sites is 1. The molecule has 0 bridgehead atoms. The number of nitrogens with zero attached hydrogens (tertiary/aromatic N) is 2. The molecule has 2 fully saturated rings. The van der Waals surface area contributed by atoms with Crippen LogP contribution in [0.5, 0.6) is 0 Å². The average Bonchev–Trinajstić information content (AvgIpc) is 4.15. The van der Waals surface area contributed by atoms with Crippen molar-refractivity contribution in [2.24, 2.45) is 11.7 Å². The van der Waals surface area contributed by atoms with Gasteiger partial charge in [0.05, 0.1) is 6.42 Å². The number of amides is 9. The summed E-state index contributed by atoms with van der Waals surface area (Å²) in [6.45, 7) is 8.76. The third kappa shape index (κ3) is 17.6. The molecule has 4 rings (SSSR count). The molecule has 75 heavy (non-hydrogen) atoms. The lowest BCUT2D eigenvalue weighted by Crippen LogP contribution is -2.60. The van der Waals surface area contributed by atoms with E-state index in [1.54, 1.807) is 6.20 Å². The van der Waals surface area contributed by atoms with Crippen LogP contribution in [0.1, 0.15) is 130 Å². The summed E-state index contributed by atoms with van der Waals surface area (Å²) in [6, 6.07) is -2.92. The first kappa shape index (κ1) is 60.2. The molecule has 2 saturated heterocycles. The highest BCUT2D eigenvalue weighted by atomic mass is 16.4. The van der Waals surface area contributed by atoms with Gasteiger partial charge in [0, 0.05) is 50.0 Å². The van der Waals surface area contributed by atoms with Crippen molar-refractivity contribution < 1.29 is 67.7 Å². The zero-order valence-corrected chi connectivity index (χ0v) is 43.4. The number of H-pyrrole nitrogens is 1. The number of unbranched alkanes of at least 4 members (excludes halogenated alkanes) is 2. The Labute approximate surface area is 435 Å². The normalized spacial score (nSPS) is 17.7. The fraction of sp³-hybridized carbons (Fsp3) is 0.608. The van der Waals surface area contributed by atoms with Crippen molar-refractivity contribution in [1.29, 1.82) is 0 Å². The number of hydrogen-bond donors (Lipinski definition) is 10. The summed E-state index contributed by atoms with van der Waals surface area (Å²) in [6.07, 6.45) is 3.40. The Bertz CT molecular complexity index is 2410. The van der Waals surface area contributed by atoms with E-state index < -0.39 is 138 Å². The van der Waals surface area contributed by atoms with Gasteiger partial charge in [-0.05, 0) is 68.9 Å². The highest BCUT2D eigenvalue weighted by Crippen LogP contribution is 2.25. The largest absolute Gasteiger partial charge is 0.481 e. The number of nitrogens with one attached hydrogen (secondary N) is 7. The zero-order chi connectivity index (χ0) is 55.5. The molecule has 24 nitrogen and oxygen atoms in total. The smallest absolute Gasteiger partial charge is 0.326 e. The molecule has 2 aliphatic heterocycles. The monoisotopic (exact) mass is 1050 g/mol. The summed E-state index contributed by atoms with van der Waals surface area (Å²) in [7, 11) is 0. The van der Waals surface area contributed by atoms with Crippen LogP contribution in [0.4, 0.5) is 0 Å². The minimum atomic E-state index is -1.64. The van der Waals surface area contributed by atoms with Crippen LogP contribution in [-0.4, -0.2) is 157 Å². The van der Waals surface area contributed by atoms with Crippen molar-refractivity contribution in [2.75, 3.05) is 13.1 Å². The number of ketones is 1. The Morgan fingerprint density at radius 2 is 1.17 bits per heavy atom. The van der Waals surface area contributed by atoms with E-state index >= 15 is 0 Å². The van der Waals surface area contributed by atoms with E-state index in [1.165, 1.54) is 9.80 Å². The molecule has 2 aliphatic rings. The minimum absolute atomic E-state index is 0.0298. The Morgan fingerprint density at radius 3 is 1.69 bits per heavy atom. The number of aromatic amines is 1. The van der Waals surface area contributed by atoms with Gasteiger partial charge in [-0.15, -0.1) is 0 Å². The van der Waals surface area contributed by atoms with Crippen LogP contribution in [0.3, 0.4) is 0 Å². The van der Waals surface area contributed by atoms with Gasteiger partial charge in [0.15, 0.2) is 0 Å². The van der Waals surface area contributed by atoms with Gasteiger partial charge >= 0.3 is 11.9 Å². The van der Waals surface area contributed by atoms with E-state index in [1.807, 2.05) is 52.0 Å². The van der Waals surface area contributed by atoms with E-state index in [-0.39, 0.29) is 57.5 Å². The van der Waals surface area contributed by atoms with Gasteiger partial charge in [-0.25, -0.2) is 4.79 Å². The molecule has 9 amide bonds. The lowest BCUT2D eigenvalue weighted by molar-refractivity contribution is -0.149. The highest BCUT2D eigenvalue weighted by molar-refractivity contribution is 6.35. The van der Waals surface area contributed by atoms with Crippen molar-refractivity contribution in [3.63, 3.8) is 0 Å². The van der Waals surface area contributed by atoms with Gasteiger partial charge in [0.25, 0.3) is 5.91 Å². The molecule has 0 unspecified atom stereocenters. The summed E-state index contributed by atoms with van der Waals surface area (Å²) < 4.78 is 0. The Kier molecular flexibility index (Phi) is 23.2. The molecule has 2 aromatic rings. The van der Waals surface area contributed by atoms with Gasteiger partial charge in [-0.2, -0.15) is 0 Å². The van der Waals surface area contributed by atoms with E-state index in [9.17, 15) is 67.7 Å². The number of aliphatic carboxylic acids is 2. The second-order valence-electron chi connectivity index (χ2n) is 19.7. The maximum absolute atomic E-state index is 14.6. The lowest BCUT2D eigenvalue weighted by atomic mass is 10.00. The summed E-state index contributed by atoms with van der Waals surface area (Å²) >= 11 is 0. The Hall–Kier alpha value is -7.40. The second-order valence-corrected chi connectivity index (χ2v) is 19.7. The molecule has 24 heteroatoms. The number of fused-ring (bicyclic) bond motifs is 1. The minimum Gasteiger partial charge on any atom is -0.481 e. The molecule has 3 heterocycles. The molecule has 1 aromatic carbocycles. The van der Waals surface area contributed by atoms with Crippen molar-refractivity contribution in [3.8, 4) is 0 Å². The van der Waals surface area contributed by atoms with Crippen molar-refractivity contribution in [2.45, 2.75) is 179 Å². The van der Waals surface area contributed by atoms with E-state index in [2.05, 4.69) is 36.9 Å². The quantitative estimate of drug-likeness (QED) is 0.0475. The topological polar surface area (TPSA) is 366 Å². The number of carboxylic acids is 2. The predicted octanol–water partition coefficient (Wildman–Crippen LogP) is 0.441. The third-order valence-corrected chi connectivity index (χ3v) is 13.3. The fourth-order valence-electron chi connectivity index (χ4n) is 9.41. The molecule has 8 atom stereocenters. The molecule has 1 aromatic heterocycles. The number of benzene rings is 1. The SMILES string of the molecule is CCCC[C@H](NC(=O)[C@H](CCC(=O)C(N)=O)NC(=O)[C@H](CC(=O)O)NC(C)=O)C(=O)N[C@@H](CCCC)C(=O)N[C@@H](CC(C)C)C(=O)N1CCC[C@H]1C(=O)N[C@@H](Cc1c[nH]c2ccccc12)C(=O)N1CCC[C@H]1C(=O)O. The Morgan fingerprint density at radius 1 is 0.667 bits per heavy atom. The molecule has 0 aliphatic carbocycles. The molecule has 0 saturated carbocycles. The summed E-state index contributed by atoms with van der Waals surface area (Å²) in [5.74, 6) is -11.3. The first-order valence-corrected chi connectivity index (χ1v) is 25.8.